The third-order valence-electron chi connectivity index (χ3n) is 1.36. The van der Waals surface area contributed by atoms with Crippen LogP contribution in [0.25, 0.3) is 0 Å². The molecule has 0 amide bonds. The van der Waals surface area contributed by atoms with Crippen molar-refractivity contribution in [2.75, 3.05) is 5.88 Å². The molecule has 0 saturated carbocycles. The lowest BCUT2D eigenvalue weighted by molar-refractivity contribution is 0.111. The zero-order valence-electron chi connectivity index (χ0n) is 6.96. The van der Waals surface area contributed by atoms with Gasteiger partial charge in [-0.3, -0.25) is 9.78 Å². The van der Waals surface area contributed by atoms with Crippen molar-refractivity contribution in [3.63, 3.8) is 0 Å². The molecule has 1 rings (SSSR count). The normalized spacial score (nSPS) is 8.69. The van der Waals surface area contributed by atoms with E-state index in [9.17, 15) is 4.79 Å². The Morgan fingerprint density at radius 3 is 2.92 bits per heavy atom. The Balaban J connectivity index is 2.71. The Morgan fingerprint density at radius 2 is 2.38 bits per heavy atom. The molecule has 0 aliphatic heterocycles. The largest absolute Gasteiger partial charge is 0.296 e. The quantitative estimate of drug-likeness (QED) is 0.408. The molecular formula is C10H8ClNO. The topological polar surface area (TPSA) is 30.0 Å². The molecule has 1 aromatic heterocycles. The van der Waals surface area contributed by atoms with E-state index in [1.165, 1.54) is 0 Å². The molecule has 0 aromatic carbocycles. The molecule has 2 nitrogen and oxygen atoms in total. The molecule has 0 fully saturated rings. The lowest BCUT2D eigenvalue weighted by Crippen LogP contribution is -1.85. The van der Waals surface area contributed by atoms with Crippen LogP contribution in [0.3, 0.4) is 0 Å². The average molecular weight is 194 g/mol. The number of pyridine rings is 1. The molecule has 1 aromatic rings. The van der Waals surface area contributed by atoms with Crippen molar-refractivity contribution in [3.8, 4) is 11.8 Å². The summed E-state index contributed by atoms with van der Waals surface area (Å²) >= 11 is 5.45. The van der Waals surface area contributed by atoms with Gasteiger partial charge in [0.2, 0.25) is 0 Å². The van der Waals surface area contributed by atoms with Gasteiger partial charge in [-0.1, -0.05) is 11.8 Å². The molecule has 0 saturated heterocycles. The Bertz CT molecular complexity index is 334. The first kappa shape index (κ1) is 9.76. The molecule has 0 atom stereocenters. The fourth-order valence-electron chi connectivity index (χ4n) is 0.761. The first-order valence-corrected chi connectivity index (χ1v) is 4.36. The maximum atomic E-state index is 10.3. The smallest absolute Gasteiger partial charge is 0.168 e. The Kier molecular flexibility index (Phi) is 4.01. The average Bonchev–Trinajstić information content (AvgIpc) is 2.19. The molecular weight excluding hydrogens is 186 g/mol. The predicted molar refractivity (Wildman–Crippen MR) is 51.8 cm³/mol. The molecule has 66 valence electrons. The number of rotatable bonds is 2. The number of carbonyl (C=O) groups excluding carboxylic acids is 1. The van der Waals surface area contributed by atoms with Crippen molar-refractivity contribution in [3.05, 3.63) is 29.6 Å². The maximum Gasteiger partial charge on any atom is 0.168 e. The van der Waals surface area contributed by atoms with Crippen molar-refractivity contribution in [2.24, 2.45) is 0 Å². The third kappa shape index (κ3) is 3.27. The van der Waals surface area contributed by atoms with E-state index in [2.05, 4.69) is 16.8 Å². The molecule has 0 aliphatic rings. The summed E-state index contributed by atoms with van der Waals surface area (Å²) < 4.78 is 0. The SMILES string of the molecule is O=Cc1ccc(C#CCCCl)cn1. The number of nitrogens with zero attached hydrogens (tertiary/aromatic N) is 1. The Labute approximate surface area is 81.9 Å². The summed E-state index contributed by atoms with van der Waals surface area (Å²) in [6.45, 7) is 0. The zero-order valence-corrected chi connectivity index (χ0v) is 7.71. The van der Waals surface area contributed by atoms with Gasteiger partial charge in [0.05, 0.1) is 0 Å². The molecule has 1 heterocycles. The second kappa shape index (κ2) is 5.34. The van der Waals surface area contributed by atoms with Crippen molar-refractivity contribution in [1.29, 1.82) is 0 Å². The van der Waals surface area contributed by atoms with Gasteiger partial charge in [-0.15, -0.1) is 11.6 Å². The van der Waals surface area contributed by atoms with Crippen LogP contribution in [-0.2, 0) is 0 Å². The monoisotopic (exact) mass is 193 g/mol. The fourth-order valence-corrected chi connectivity index (χ4v) is 0.855. The lowest BCUT2D eigenvalue weighted by atomic mass is 10.2. The molecule has 0 N–H and O–H groups in total. The summed E-state index contributed by atoms with van der Waals surface area (Å²) in [7, 11) is 0. The van der Waals surface area contributed by atoms with E-state index in [1.54, 1.807) is 18.3 Å². The molecule has 0 bridgehead atoms. The minimum absolute atomic E-state index is 0.419. The molecule has 3 heteroatoms. The Morgan fingerprint density at radius 1 is 1.54 bits per heavy atom. The third-order valence-corrected chi connectivity index (χ3v) is 1.55. The second-order valence-electron chi connectivity index (χ2n) is 2.33. The van der Waals surface area contributed by atoms with E-state index in [0.717, 1.165) is 5.56 Å². The number of halogens is 1. The molecule has 13 heavy (non-hydrogen) atoms. The van der Waals surface area contributed by atoms with Crippen LogP contribution in [0.1, 0.15) is 22.5 Å². The zero-order chi connectivity index (χ0) is 9.52. The highest BCUT2D eigenvalue weighted by Gasteiger charge is 1.89. The van der Waals surface area contributed by atoms with Crippen LogP contribution >= 0.6 is 11.6 Å². The molecule has 0 unspecified atom stereocenters. The summed E-state index contributed by atoms with van der Waals surface area (Å²) in [4.78, 5) is 14.1. The predicted octanol–water partition coefficient (Wildman–Crippen LogP) is 1.87. The lowest BCUT2D eigenvalue weighted by Gasteiger charge is -1.89. The number of alkyl halides is 1. The van der Waals surface area contributed by atoms with Crippen molar-refractivity contribution in [2.45, 2.75) is 6.42 Å². The highest BCUT2D eigenvalue weighted by molar-refractivity contribution is 6.18. The van der Waals surface area contributed by atoms with Gasteiger partial charge >= 0.3 is 0 Å². The van der Waals surface area contributed by atoms with Gasteiger partial charge in [0.15, 0.2) is 6.29 Å². The van der Waals surface area contributed by atoms with Gasteiger partial charge in [-0.25, -0.2) is 0 Å². The number of hydrogen-bond donors (Lipinski definition) is 0. The van der Waals surface area contributed by atoms with Crippen LogP contribution < -0.4 is 0 Å². The standard InChI is InChI=1S/C10H8ClNO/c11-6-2-1-3-9-4-5-10(8-13)12-7-9/h4-5,7-8H,2,6H2. The van der Waals surface area contributed by atoms with Crippen LogP contribution in [0.15, 0.2) is 18.3 Å². The summed E-state index contributed by atoms with van der Waals surface area (Å²) in [6.07, 6.45) is 2.94. The summed E-state index contributed by atoms with van der Waals surface area (Å²) in [5, 5.41) is 0. The minimum atomic E-state index is 0.419. The van der Waals surface area contributed by atoms with Gasteiger partial charge in [0.1, 0.15) is 5.69 Å². The number of hydrogen-bond acceptors (Lipinski definition) is 2. The van der Waals surface area contributed by atoms with Crippen LogP contribution in [-0.4, -0.2) is 17.2 Å². The van der Waals surface area contributed by atoms with Gasteiger partial charge in [-0.2, -0.15) is 0 Å². The maximum absolute atomic E-state index is 10.3. The number of carbonyl (C=O) groups is 1. The molecule has 0 radical (unpaired) electrons. The van der Waals surface area contributed by atoms with Crippen LogP contribution in [0.5, 0.6) is 0 Å². The van der Waals surface area contributed by atoms with Gasteiger partial charge < -0.3 is 0 Å². The summed E-state index contributed by atoms with van der Waals surface area (Å²) in [6, 6.07) is 3.40. The second-order valence-corrected chi connectivity index (χ2v) is 2.71. The number of aldehydes is 1. The van der Waals surface area contributed by atoms with Crippen LogP contribution in [0, 0.1) is 11.8 Å². The Hall–Kier alpha value is -1.33. The van der Waals surface area contributed by atoms with Crippen molar-refractivity contribution >= 4 is 17.9 Å². The van der Waals surface area contributed by atoms with Gasteiger partial charge in [-0.05, 0) is 12.1 Å². The molecule has 0 aliphatic carbocycles. The minimum Gasteiger partial charge on any atom is -0.296 e. The first-order valence-electron chi connectivity index (χ1n) is 3.83. The fraction of sp³-hybridized carbons (Fsp3) is 0.200. The first-order chi connectivity index (χ1) is 6.36. The van der Waals surface area contributed by atoms with E-state index < -0.39 is 0 Å². The number of aromatic nitrogens is 1. The van der Waals surface area contributed by atoms with Crippen LogP contribution in [0.2, 0.25) is 0 Å². The van der Waals surface area contributed by atoms with Crippen LogP contribution in [0.4, 0.5) is 0 Å². The highest BCUT2D eigenvalue weighted by Crippen LogP contribution is 1.96. The summed E-state index contributed by atoms with van der Waals surface area (Å²) in [5.74, 6) is 6.30. The van der Waals surface area contributed by atoms with Crippen molar-refractivity contribution in [1.82, 2.24) is 4.98 Å². The van der Waals surface area contributed by atoms with E-state index in [1.807, 2.05) is 0 Å². The van der Waals surface area contributed by atoms with E-state index in [4.69, 9.17) is 11.6 Å². The van der Waals surface area contributed by atoms with E-state index >= 15 is 0 Å². The highest BCUT2D eigenvalue weighted by atomic mass is 35.5. The van der Waals surface area contributed by atoms with E-state index in [-0.39, 0.29) is 0 Å². The van der Waals surface area contributed by atoms with Gasteiger partial charge in [0.25, 0.3) is 0 Å². The molecule has 0 spiro atoms. The summed E-state index contributed by atoms with van der Waals surface area (Å²) in [5.41, 5.74) is 1.22. The van der Waals surface area contributed by atoms with Crippen molar-refractivity contribution < 1.29 is 4.79 Å². The van der Waals surface area contributed by atoms with E-state index in [0.29, 0.717) is 24.3 Å². The van der Waals surface area contributed by atoms with Gasteiger partial charge in [0, 0.05) is 24.1 Å².